The highest BCUT2D eigenvalue weighted by Gasteiger charge is 2.17. The summed E-state index contributed by atoms with van der Waals surface area (Å²) in [6.45, 7) is 7.01. The van der Waals surface area contributed by atoms with Gasteiger partial charge >= 0.3 is 0 Å². The van der Waals surface area contributed by atoms with E-state index in [0.29, 0.717) is 19.1 Å². The Morgan fingerprint density at radius 1 is 1.32 bits per heavy atom. The number of hydrogen-bond acceptors (Lipinski definition) is 3. The summed E-state index contributed by atoms with van der Waals surface area (Å²) in [5.74, 6) is 0. The third-order valence-electron chi connectivity index (χ3n) is 2.54. The molecule has 1 aromatic carbocycles. The highest BCUT2D eigenvalue weighted by atomic mass is 35.5. The van der Waals surface area contributed by atoms with Crippen LogP contribution in [0.4, 0.5) is 0 Å². The predicted octanol–water partition coefficient (Wildman–Crippen LogP) is 2.53. The normalized spacial score (nSPS) is 12.1. The molecule has 0 saturated heterocycles. The van der Waals surface area contributed by atoms with Crippen LogP contribution in [0.3, 0.4) is 0 Å². The topological polar surface area (TPSA) is 58.2 Å². The lowest BCUT2D eigenvalue weighted by Crippen LogP contribution is -2.25. The zero-order chi connectivity index (χ0) is 14.5. The Labute approximate surface area is 120 Å². The Balaban J connectivity index is 2.96. The number of sulfonamides is 1. The van der Waals surface area contributed by atoms with Crippen molar-refractivity contribution in [2.45, 2.75) is 44.7 Å². The van der Waals surface area contributed by atoms with Crippen LogP contribution in [0.15, 0.2) is 23.1 Å². The molecule has 0 spiro atoms. The van der Waals surface area contributed by atoms with Crippen LogP contribution >= 0.6 is 11.6 Å². The summed E-state index contributed by atoms with van der Waals surface area (Å²) in [6.07, 6.45) is 0.742. The number of benzene rings is 1. The maximum atomic E-state index is 12.1. The van der Waals surface area contributed by atoms with Crippen LogP contribution in [-0.2, 0) is 16.6 Å². The van der Waals surface area contributed by atoms with Crippen molar-refractivity contribution in [3.8, 4) is 0 Å². The molecule has 0 aliphatic heterocycles. The minimum Gasteiger partial charge on any atom is -0.310 e. The van der Waals surface area contributed by atoms with Crippen LogP contribution < -0.4 is 10.0 Å². The summed E-state index contributed by atoms with van der Waals surface area (Å²) in [6, 6.07) is 5.42. The first-order valence-electron chi connectivity index (χ1n) is 6.38. The quantitative estimate of drug-likeness (QED) is 0.814. The zero-order valence-corrected chi connectivity index (χ0v) is 13.1. The molecule has 0 bridgehead atoms. The molecule has 0 amide bonds. The van der Waals surface area contributed by atoms with Crippen LogP contribution in [0.25, 0.3) is 0 Å². The minimum absolute atomic E-state index is 0.144. The van der Waals surface area contributed by atoms with Gasteiger partial charge in [-0.05, 0) is 24.1 Å². The molecule has 1 aromatic rings. The van der Waals surface area contributed by atoms with Crippen molar-refractivity contribution in [2.75, 3.05) is 6.54 Å². The lowest BCUT2D eigenvalue weighted by Gasteiger charge is -2.11. The largest absolute Gasteiger partial charge is 0.310 e. The lowest BCUT2D eigenvalue weighted by molar-refractivity contribution is 0.578. The highest BCUT2D eigenvalue weighted by Crippen LogP contribution is 2.22. The monoisotopic (exact) mass is 304 g/mol. The standard InChI is InChI=1S/C13H21ClN2O2S/c1-4-7-16-19(17,18)13-8-11(5-6-12(13)14)9-15-10(2)3/h5-6,8,10,15-16H,4,7,9H2,1-3H3. The van der Waals surface area contributed by atoms with E-state index >= 15 is 0 Å². The van der Waals surface area contributed by atoms with Crippen molar-refractivity contribution >= 4 is 21.6 Å². The zero-order valence-electron chi connectivity index (χ0n) is 11.5. The van der Waals surface area contributed by atoms with Gasteiger partial charge in [0.2, 0.25) is 10.0 Å². The fourth-order valence-corrected chi connectivity index (χ4v) is 3.18. The number of hydrogen-bond donors (Lipinski definition) is 2. The van der Waals surface area contributed by atoms with Crippen molar-refractivity contribution in [2.24, 2.45) is 0 Å². The molecule has 0 radical (unpaired) electrons. The summed E-state index contributed by atoms with van der Waals surface area (Å²) in [5, 5.41) is 3.49. The van der Waals surface area contributed by atoms with Crippen molar-refractivity contribution < 1.29 is 8.42 Å². The molecule has 4 nitrogen and oxygen atoms in total. The van der Waals surface area contributed by atoms with Gasteiger partial charge in [0.25, 0.3) is 0 Å². The summed E-state index contributed by atoms with van der Waals surface area (Å²) in [7, 11) is -3.52. The second kappa shape index (κ2) is 7.24. The first-order chi connectivity index (χ1) is 8.86. The lowest BCUT2D eigenvalue weighted by atomic mass is 10.2. The molecule has 1 rings (SSSR count). The van der Waals surface area contributed by atoms with E-state index in [-0.39, 0.29) is 9.92 Å². The second-order valence-corrected chi connectivity index (χ2v) is 6.84. The van der Waals surface area contributed by atoms with Gasteiger partial charge in [0.05, 0.1) is 5.02 Å². The summed E-state index contributed by atoms with van der Waals surface area (Å²) < 4.78 is 26.7. The first-order valence-corrected chi connectivity index (χ1v) is 8.24. The molecule has 0 atom stereocenters. The van der Waals surface area contributed by atoms with E-state index in [9.17, 15) is 8.42 Å². The molecule has 0 aromatic heterocycles. The van der Waals surface area contributed by atoms with Gasteiger partial charge in [-0.25, -0.2) is 13.1 Å². The molecular weight excluding hydrogens is 284 g/mol. The average Bonchev–Trinajstić information content (AvgIpc) is 2.35. The molecular formula is C13H21ClN2O2S. The molecule has 0 unspecified atom stereocenters. The van der Waals surface area contributed by atoms with E-state index in [0.717, 1.165) is 12.0 Å². The minimum atomic E-state index is -3.52. The van der Waals surface area contributed by atoms with Crippen LogP contribution in [0.1, 0.15) is 32.8 Å². The molecule has 0 aliphatic carbocycles. The molecule has 19 heavy (non-hydrogen) atoms. The Morgan fingerprint density at radius 2 is 2.00 bits per heavy atom. The fourth-order valence-electron chi connectivity index (χ4n) is 1.50. The average molecular weight is 305 g/mol. The van der Waals surface area contributed by atoms with E-state index < -0.39 is 10.0 Å². The van der Waals surface area contributed by atoms with Gasteiger partial charge < -0.3 is 5.32 Å². The fraction of sp³-hybridized carbons (Fsp3) is 0.538. The van der Waals surface area contributed by atoms with Gasteiger partial charge in [-0.3, -0.25) is 0 Å². The highest BCUT2D eigenvalue weighted by molar-refractivity contribution is 7.89. The predicted molar refractivity (Wildman–Crippen MR) is 78.9 cm³/mol. The van der Waals surface area contributed by atoms with E-state index in [1.807, 2.05) is 26.8 Å². The van der Waals surface area contributed by atoms with Crippen LogP contribution in [-0.4, -0.2) is 21.0 Å². The SMILES string of the molecule is CCCNS(=O)(=O)c1cc(CNC(C)C)ccc1Cl. The van der Waals surface area contributed by atoms with E-state index in [1.165, 1.54) is 0 Å². The Morgan fingerprint density at radius 3 is 2.58 bits per heavy atom. The van der Waals surface area contributed by atoms with Gasteiger partial charge in [0.15, 0.2) is 0 Å². The van der Waals surface area contributed by atoms with E-state index in [1.54, 1.807) is 12.1 Å². The maximum Gasteiger partial charge on any atom is 0.242 e. The van der Waals surface area contributed by atoms with Gasteiger partial charge in [0.1, 0.15) is 4.90 Å². The van der Waals surface area contributed by atoms with Crippen molar-refractivity contribution in [3.05, 3.63) is 28.8 Å². The molecule has 2 N–H and O–H groups in total. The van der Waals surface area contributed by atoms with Gasteiger partial charge in [-0.1, -0.05) is 38.4 Å². The number of nitrogens with one attached hydrogen (secondary N) is 2. The van der Waals surface area contributed by atoms with Gasteiger partial charge in [0, 0.05) is 19.1 Å². The Kier molecular flexibility index (Phi) is 6.26. The Hall–Kier alpha value is -0.620. The third-order valence-corrected chi connectivity index (χ3v) is 4.48. The Bertz CT molecular complexity index is 515. The van der Waals surface area contributed by atoms with Crippen LogP contribution in [0, 0.1) is 0 Å². The van der Waals surface area contributed by atoms with Gasteiger partial charge in [-0.15, -0.1) is 0 Å². The molecule has 108 valence electrons. The van der Waals surface area contributed by atoms with E-state index in [2.05, 4.69) is 10.0 Å². The van der Waals surface area contributed by atoms with Gasteiger partial charge in [-0.2, -0.15) is 0 Å². The summed E-state index contributed by atoms with van der Waals surface area (Å²) >= 11 is 5.98. The number of rotatable bonds is 7. The molecule has 0 heterocycles. The van der Waals surface area contributed by atoms with Crippen molar-refractivity contribution in [1.82, 2.24) is 10.0 Å². The van der Waals surface area contributed by atoms with Crippen molar-refractivity contribution in [3.63, 3.8) is 0 Å². The summed E-state index contributed by atoms with van der Waals surface area (Å²) in [4.78, 5) is 0.144. The molecule has 0 saturated carbocycles. The maximum absolute atomic E-state index is 12.1. The van der Waals surface area contributed by atoms with Crippen molar-refractivity contribution in [1.29, 1.82) is 0 Å². The van der Waals surface area contributed by atoms with E-state index in [4.69, 9.17) is 11.6 Å². The molecule has 0 fully saturated rings. The third kappa shape index (κ3) is 5.10. The first kappa shape index (κ1) is 16.4. The smallest absolute Gasteiger partial charge is 0.242 e. The molecule has 0 aliphatic rings. The summed E-state index contributed by atoms with van der Waals surface area (Å²) in [5.41, 5.74) is 0.898. The number of halogens is 1. The van der Waals surface area contributed by atoms with Crippen LogP contribution in [0.5, 0.6) is 0 Å². The van der Waals surface area contributed by atoms with Crippen LogP contribution in [0.2, 0.25) is 5.02 Å². The second-order valence-electron chi connectivity index (χ2n) is 4.70. The molecule has 6 heteroatoms.